The first-order valence-corrected chi connectivity index (χ1v) is 6.98. The molecule has 0 aliphatic rings. The maximum Gasteiger partial charge on any atom is 0.122 e. The number of hydrogen-bond acceptors (Lipinski definition) is 3. The van der Waals surface area contributed by atoms with Gasteiger partial charge in [-0.3, -0.25) is 0 Å². The molecule has 1 heterocycles. The molecule has 2 N–H and O–H groups in total. The number of nitrogens with two attached hydrogens (primary N) is 1. The first kappa shape index (κ1) is 12.6. The number of thiophene rings is 1. The second kappa shape index (κ2) is 5.67. The van der Waals surface area contributed by atoms with Gasteiger partial charge in [-0.1, -0.05) is 12.1 Å². The highest BCUT2D eigenvalue weighted by Gasteiger charge is 2.02. The third-order valence-corrected chi connectivity index (χ3v) is 3.99. The van der Waals surface area contributed by atoms with Crippen molar-refractivity contribution in [3.63, 3.8) is 0 Å². The Balaban J connectivity index is 2.01. The highest BCUT2D eigenvalue weighted by atomic mass is 79.9. The van der Waals surface area contributed by atoms with Gasteiger partial charge in [0.05, 0.1) is 3.79 Å². The minimum absolute atomic E-state index is 0.0365. The lowest BCUT2D eigenvalue weighted by atomic mass is 10.1. The Morgan fingerprint density at radius 2 is 2.18 bits per heavy atom. The molecule has 0 saturated heterocycles. The molecule has 90 valence electrons. The largest absolute Gasteiger partial charge is 0.488 e. The van der Waals surface area contributed by atoms with Crippen molar-refractivity contribution >= 4 is 27.3 Å². The molecule has 0 radical (unpaired) electrons. The van der Waals surface area contributed by atoms with Crippen LogP contribution in [0, 0.1) is 0 Å². The third kappa shape index (κ3) is 3.56. The van der Waals surface area contributed by atoms with Crippen molar-refractivity contribution in [2.75, 3.05) is 0 Å². The van der Waals surface area contributed by atoms with Gasteiger partial charge in [-0.05, 0) is 52.7 Å². The van der Waals surface area contributed by atoms with Crippen LogP contribution in [0.1, 0.15) is 23.4 Å². The highest BCUT2D eigenvalue weighted by molar-refractivity contribution is 9.11. The van der Waals surface area contributed by atoms with E-state index in [1.807, 2.05) is 37.3 Å². The summed E-state index contributed by atoms with van der Waals surface area (Å²) in [5.74, 6) is 0.865. The van der Waals surface area contributed by atoms with E-state index in [0.29, 0.717) is 6.61 Å². The van der Waals surface area contributed by atoms with Gasteiger partial charge in [0.1, 0.15) is 12.4 Å². The second-order valence-electron chi connectivity index (χ2n) is 3.86. The quantitative estimate of drug-likeness (QED) is 0.922. The summed E-state index contributed by atoms with van der Waals surface area (Å²) in [6.07, 6.45) is 0. The van der Waals surface area contributed by atoms with Crippen LogP contribution in [0.2, 0.25) is 0 Å². The van der Waals surface area contributed by atoms with Gasteiger partial charge in [0, 0.05) is 10.9 Å². The average molecular weight is 312 g/mol. The van der Waals surface area contributed by atoms with Crippen molar-refractivity contribution in [1.82, 2.24) is 0 Å². The van der Waals surface area contributed by atoms with Gasteiger partial charge in [0.25, 0.3) is 0 Å². The van der Waals surface area contributed by atoms with Crippen LogP contribution in [0.15, 0.2) is 40.2 Å². The van der Waals surface area contributed by atoms with E-state index in [4.69, 9.17) is 10.5 Å². The molecule has 0 fully saturated rings. The molecule has 4 heteroatoms. The minimum Gasteiger partial charge on any atom is -0.488 e. The zero-order valence-electron chi connectivity index (χ0n) is 9.52. The molecule has 0 aliphatic carbocycles. The standard InChI is InChI=1S/C13H14BrNOS/c1-9(15)10-3-2-4-11(7-10)16-8-12-5-6-13(14)17-12/h2-7,9H,8,15H2,1H3/t9-/m0/s1. The van der Waals surface area contributed by atoms with E-state index in [2.05, 4.69) is 22.0 Å². The zero-order chi connectivity index (χ0) is 12.3. The summed E-state index contributed by atoms with van der Waals surface area (Å²) in [4.78, 5) is 1.20. The molecule has 0 amide bonds. The Morgan fingerprint density at radius 1 is 1.35 bits per heavy atom. The van der Waals surface area contributed by atoms with Gasteiger partial charge in [0.2, 0.25) is 0 Å². The van der Waals surface area contributed by atoms with Crippen LogP contribution in [0.3, 0.4) is 0 Å². The van der Waals surface area contributed by atoms with E-state index < -0.39 is 0 Å². The summed E-state index contributed by atoms with van der Waals surface area (Å²) >= 11 is 5.12. The normalized spacial score (nSPS) is 12.4. The average Bonchev–Trinajstić information content (AvgIpc) is 2.73. The summed E-state index contributed by atoms with van der Waals surface area (Å²) in [7, 11) is 0. The van der Waals surface area contributed by atoms with E-state index in [1.165, 1.54) is 4.88 Å². The Labute approximate surface area is 114 Å². The van der Waals surface area contributed by atoms with Gasteiger partial charge in [-0.15, -0.1) is 11.3 Å². The summed E-state index contributed by atoms with van der Waals surface area (Å²) in [5.41, 5.74) is 6.93. The Hall–Kier alpha value is -0.840. The van der Waals surface area contributed by atoms with Gasteiger partial charge in [0.15, 0.2) is 0 Å². The predicted molar refractivity (Wildman–Crippen MR) is 75.4 cm³/mol. The lowest BCUT2D eigenvalue weighted by molar-refractivity contribution is 0.309. The summed E-state index contributed by atoms with van der Waals surface area (Å²) < 4.78 is 6.86. The van der Waals surface area contributed by atoms with E-state index in [1.54, 1.807) is 11.3 Å². The maximum atomic E-state index is 5.83. The molecule has 2 nitrogen and oxygen atoms in total. The van der Waals surface area contributed by atoms with Crippen molar-refractivity contribution in [2.45, 2.75) is 19.6 Å². The molecule has 0 saturated carbocycles. The molecule has 0 unspecified atom stereocenters. The topological polar surface area (TPSA) is 35.2 Å². The summed E-state index contributed by atoms with van der Waals surface area (Å²) in [6, 6.07) is 12.1. The molecule has 0 aliphatic heterocycles. The molecule has 2 aromatic rings. The number of halogens is 1. The first-order chi connectivity index (χ1) is 8.15. The molecule has 17 heavy (non-hydrogen) atoms. The molecule has 1 aromatic carbocycles. The number of hydrogen-bond donors (Lipinski definition) is 1. The summed E-state index contributed by atoms with van der Waals surface area (Å²) in [6.45, 7) is 2.56. The van der Waals surface area contributed by atoms with Gasteiger partial charge < -0.3 is 10.5 Å². The molecule has 0 bridgehead atoms. The van der Waals surface area contributed by atoms with Crippen LogP contribution >= 0.6 is 27.3 Å². The Morgan fingerprint density at radius 3 is 2.82 bits per heavy atom. The fraction of sp³-hybridized carbons (Fsp3) is 0.231. The fourth-order valence-electron chi connectivity index (χ4n) is 1.47. The number of benzene rings is 1. The molecular formula is C13H14BrNOS. The highest BCUT2D eigenvalue weighted by Crippen LogP contribution is 2.24. The van der Waals surface area contributed by atoms with Crippen LogP contribution in [0.5, 0.6) is 5.75 Å². The van der Waals surface area contributed by atoms with Crippen molar-refractivity contribution in [2.24, 2.45) is 5.73 Å². The van der Waals surface area contributed by atoms with Crippen molar-refractivity contribution in [3.05, 3.63) is 50.6 Å². The van der Waals surface area contributed by atoms with E-state index in [9.17, 15) is 0 Å². The summed E-state index contributed by atoms with van der Waals surface area (Å²) in [5, 5.41) is 0. The first-order valence-electron chi connectivity index (χ1n) is 5.37. The molecule has 1 aromatic heterocycles. The lowest BCUT2D eigenvalue weighted by Crippen LogP contribution is -2.05. The van der Waals surface area contributed by atoms with Gasteiger partial charge >= 0.3 is 0 Å². The SMILES string of the molecule is C[C@H](N)c1cccc(OCc2ccc(Br)s2)c1. The number of ether oxygens (including phenoxy) is 1. The van der Waals surface area contributed by atoms with Crippen molar-refractivity contribution in [1.29, 1.82) is 0 Å². The Bertz CT molecular complexity index is 496. The Kier molecular flexibility index (Phi) is 4.20. The van der Waals surface area contributed by atoms with Crippen LogP contribution in [-0.4, -0.2) is 0 Å². The zero-order valence-corrected chi connectivity index (χ0v) is 11.9. The van der Waals surface area contributed by atoms with Gasteiger partial charge in [-0.2, -0.15) is 0 Å². The fourth-order valence-corrected chi connectivity index (χ4v) is 2.87. The van der Waals surface area contributed by atoms with E-state index in [-0.39, 0.29) is 6.04 Å². The van der Waals surface area contributed by atoms with Crippen LogP contribution in [0.4, 0.5) is 0 Å². The molecular weight excluding hydrogens is 298 g/mol. The van der Waals surface area contributed by atoms with E-state index in [0.717, 1.165) is 15.1 Å². The van der Waals surface area contributed by atoms with Crippen molar-refractivity contribution < 1.29 is 4.74 Å². The lowest BCUT2D eigenvalue weighted by Gasteiger charge is -2.09. The van der Waals surface area contributed by atoms with Crippen LogP contribution < -0.4 is 10.5 Å². The second-order valence-corrected chi connectivity index (χ2v) is 6.40. The maximum absolute atomic E-state index is 5.83. The molecule has 0 spiro atoms. The van der Waals surface area contributed by atoms with Crippen molar-refractivity contribution in [3.8, 4) is 5.75 Å². The monoisotopic (exact) mass is 311 g/mol. The number of rotatable bonds is 4. The van der Waals surface area contributed by atoms with Crippen LogP contribution in [0.25, 0.3) is 0 Å². The van der Waals surface area contributed by atoms with Gasteiger partial charge in [-0.25, -0.2) is 0 Å². The molecule has 2 rings (SSSR count). The smallest absolute Gasteiger partial charge is 0.122 e. The third-order valence-electron chi connectivity index (χ3n) is 2.39. The molecule has 1 atom stereocenters. The minimum atomic E-state index is 0.0365. The van der Waals surface area contributed by atoms with Crippen LogP contribution in [-0.2, 0) is 6.61 Å². The predicted octanol–water partition coefficient (Wildman–Crippen LogP) is 4.11. The van der Waals surface area contributed by atoms with E-state index >= 15 is 0 Å².